The molecule has 4 heteroatoms. The Hall–Kier alpha value is -1.55. The van der Waals surface area contributed by atoms with E-state index in [1.807, 2.05) is 30.3 Å². The zero-order chi connectivity index (χ0) is 12.1. The first-order valence-electron chi connectivity index (χ1n) is 5.97. The Kier molecular flexibility index (Phi) is 3.98. The summed E-state index contributed by atoms with van der Waals surface area (Å²) in [6.07, 6.45) is 1.75. The fraction of sp³-hybridized carbons (Fsp3) is 0.462. The van der Waals surface area contributed by atoms with Gasteiger partial charge in [-0.15, -0.1) is 0 Å². The molecule has 0 bridgehead atoms. The first-order valence-corrected chi connectivity index (χ1v) is 5.97. The Labute approximate surface area is 101 Å². The molecule has 1 amide bonds. The van der Waals surface area contributed by atoms with Crippen LogP contribution in [0, 0.1) is 5.92 Å². The molecule has 0 aliphatic heterocycles. The number of hydrogen-bond acceptors (Lipinski definition) is 3. The normalized spacial score (nSPS) is 22.6. The van der Waals surface area contributed by atoms with Crippen molar-refractivity contribution in [3.63, 3.8) is 0 Å². The summed E-state index contributed by atoms with van der Waals surface area (Å²) in [7, 11) is 0. The van der Waals surface area contributed by atoms with Gasteiger partial charge in [0.15, 0.2) is 0 Å². The molecule has 1 saturated carbocycles. The topological polar surface area (TPSA) is 64.3 Å². The van der Waals surface area contributed by atoms with Gasteiger partial charge in [-0.1, -0.05) is 30.3 Å². The summed E-state index contributed by atoms with van der Waals surface area (Å²) < 4.78 is 5.14. The Morgan fingerprint density at radius 3 is 2.71 bits per heavy atom. The number of rotatable bonds is 4. The number of carbonyl (C=O) groups excluding carboxylic acids is 1. The fourth-order valence-electron chi connectivity index (χ4n) is 1.96. The first-order chi connectivity index (χ1) is 8.29. The van der Waals surface area contributed by atoms with Gasteiger partial charge in [0.1, 0.15) is 6.61 Å². The molecule has 0 radical (unpaired) electrons. The maximum Gasteiger partial charge on any atom is 0.407 e. The molecule has 2 atom stereocenters. The van der Waals surface area contributed by atoms with Gasteiger partial charge in [-0.05, 0) is 30.9 Å². The van der Waals surface area contributed by atoms with Crippen molar-refractivity contribution in [1.82, 2.24) is 5.32 Å². The molecule has 0 aromatic heterocycles. The molecule has 4 nitrogen and oxygen atoms in total. The van der Waals surface area contributed by atoms with Gasteiger partial charge in [0.2, 0.25) is 0 Å². The minimum Gasteiger partial charge on any atom is -0.445 e. The van der Waals surface area contributed by atoms with Crippen LogP contribution in [0.15, 0.2) is 30.3 Å². The van der Waals surface area contributed by atoms with Gasteiger partial charge >= 0.3 is 6.09 Å². The van der Waals surface area contributed by atoms with Crippen molar-refractivity contribution in [3.8, 4) is 0 Å². The van der Waals surface area contributed by atoms with Crippen LogP contribution in [-0.2, 0) is 11.3 Å². The minimum absolute atomic E-state index is 0.197. The lowest BCUT2D eigenvalue weighted by Crippen LogP contribution is -2.49. The van der Waals surface area contributed by atoms with Crippen LogP contribution < -0.4 is 11.1 Å². The van der Waals surface area contributed by atoms with Gasteiger partial charge < -0.3 is 15.8 Å². The predicted octanol–water partition coefficient (Wildman–Crippen LogP) is 1.65. The zero-order valence-corrected chi connectivity index (χ0v) is 9.76. The van der Waals surface area contributed by atoms with E-state index in [1.54, 1.807) is 0 Å². The van der Waals surface area contributed by atoms with Crippen LogP contribution >= 0.6 is 0 Å². The minimum atomic E-state index is -0.350. The van der Waals surface area contributed by atoms with E-state index in [4.69, 9.17) is 10.5 Å². The van der Waals surface area contributed by atoms with E-state index in [-0.39, 0.29) is 12.1 Å². The van der Waals surface area contributed by atoms with Crippen LogP contribution in [0.3, 0.4) is 0 Å². The Morgan fingerprint density at radius 1 is 1.35 bits per heavy atom. The monoisotopic (exact) mass is 234 g/mol. The molecular weight excluding hydrogens is 216 g/mol. The van der Waals surface area contributed by atoms with E-state index in [9.17, 15) is 4.79 Å². The lowest BCUT2D eigenvalue weighted by molar-refractivity contribution is 0.119. The van der Waals surface area contributed by atoms with Crippen molar-refractivity contribution in [2.24, 2.45) is 11.7 Å². The average Bonchev–Trinajstić information content (AvgIpc) is 2.34. The van der Waals surface area contributed by atoms with Crippen molar-refractivity contribution in [2.45, 2.75) is 25.5 Å². The van der Waals surface area contributed by atoms with E-state index < -0.39 is 0 Å². The van der Waals surface area contributed by atoms with Gasteiger partial charge in [0.05, 0.1) is 0 Å². The molecule has 0 saturated heterocycles. The van der Waals surface area contributed by atoms with Crippen molar-refractivity contribution >= 4 is 6.09 Å². The van der Waals surface area contributed by atoms with Gasteiger partial charge in [-0.2, -0.15) is 0 Å². The van der Waals surface area contributed by atoms with E-state index >= 15 is 0 Å². The summed E-state index contributed by atoms with van der Waals surface area (Å²) in [6.45, 7) is 0.941. The molecule has 1 aliphatic rings. The lowest BCUT2D eigenvalue weighted by atomic mass is 9.80. The molecule has 0 spiro atoms. The molecule has 1 aliphatic carbocycles. The standard InChI is InChI=1S/C13H18N2O2/c14-8-11-6-7-12(11)15-13(16)17-9-10-4-2-1-3-5-10/h1-5,11-12H,6-9,14H2,(H,15,16)/t11-,12+/m1/s1. The molecule has 0 unspecified atom stereocenters. The quantitative estimate of drug-likeness (QED) is 0.832. The molecule has 3 N–H and O–H groups in total. The van der Waals surface area contributed by atoms with Crippen molar-refractivity contribution in [1.29, 1.82) is 0 Å². The Bertz CT molecular complexity index is 365. The zero-order valence-electron chi connectivity index (χ0n) is 9.76. The number of carbonyl (C=O) groups is 1. The summed E-state index contributed by atoms with van der Waals surface area (Å²) in [5, 5.41) is 2.85. The molecule has 17 heavy (non-hydrogen) atoms. The van der Waals surface area contributed by atoms with Crippen LogP contribution in [0.1, 0.15) is 18.4 Å². The predicted molar refractivity (Wildman–Crippen MR) is 65.3 cm³/mol. The average molecular weight is 234 g/mol. The molecule has 1 aromatic carbocycles. The van der Waals surface area contributed by atoms with Gasteiger partial charge in [0, 0.05) is 6.04 Å². The smallest absolute Gasteiger partial charge is 0.407 e. The number of benzene rings is 1. The van der Waals surface area contributed by atoms with Crippen LogP contribution in [0.4, 0.5) is 4.79 Å². The van der Waals surface area contributed by atoms with Crippen LogP contribution in [0.25, 0.3) is 0 Å². The molecular formula is C13H18N2O2. The Morgan fingerprint density at radius 2 is 2.12 bits per heavy atom. The summed E-state index contributed by atoms with van der Waals surface area (Å²) in [5.74, 6) is 0.416. The van der Waals surface area contributed by atoms with E-state index in [2.05, 4.69) is 5.32 Å². The number of nitrogens with one attached hydrogen (secondary N) is 1. The maximum atomic E-state index is 11.5. The number of ether oxygens (including phenoxy) is 1. The third kappa shape index (κ3) is 3.20. The molecule has 1 fully saturated rings. The summed E-state index contributed by atoms with van der Waals surface area (Å²) in [4.78, 5) is 11.5. The third-order valence-electron chi connectivity index (χ3n) is 3.24. The van der Waals surface area contributed by atoms with Gasteiger partial charge in [0.25, 0.3) is 0 Å². The lowest BCUT2D eigenvalue weighted by Gasteiger charge is -2.35. The highest BCUT2D eigenvalue weighted by atomic mass is 16.5. The molecule has 1 aromatic rings. The number of nitrogens with two attached hydrogens (primary N) is 1. The third-order valence-corrected chi connectivity index (χ3v) is 3.24. The van der Waals surface area contributed by atoms with Crippen LogP contribution in [0.2, 0.25) is 0 Å². The molecule has 0 heterocycles. The highest BCUT2D eigenvalue weighted by Crippen LogP contribution is 2.26. The second-order valence-corrected chi connectivity index (χ2v) is 4.39. The number of hydrogen-bond donors (Lipinski definition) is 2. The fourth-order valence-corrected chi connectivity index (χ4v) is 1.96. The summed E-state index contributed by atoms with van der Waals surface area (Å²) in [6, 6.07) is 9.84. The van der Waals surface area contributed by atoms with Crippen LogP contribution in [-0.4, -0.2) is 18.7 Å². The highest BCUT2D eigenvalue weighted by molar-refractivity contribution is 5.67. The largest absolute Gasteiger partial charge is 0.445 e. The second kappa shape index (κ2) is 5.68. The molecule has 2 rings (SSSR count). The van der Waals surface area contributed by atoms with E-state index in [1.165, 1.54) is 0 Å². The number of amides is 1. The van der Waals surface area contributed by atoms with E-state index in [0.29, 0.717) is 19.1 Å². The highest BCUT2D eigenvalue weighted by Gasteiger charge is 2.31. The van der Waals surface area contributed by atoms with Crippen molar-refractivity contribution < 1.29 is 9.53 Å². The SMILES string of the molecule is NC[C@H]1CC[C@@H]1NC(=O)OCc1ccccc1. The second-order valence-electron chi connectivity index (χ2n) is 4.39. The van der Waals surface area contributed by atoms with Crippen molar-refractivity contribution in [2.75, 3.05) is 6.54 Å². The van der Waals surface area contributed by atoms with Gasteiger partial charge in [-0.3, -0.25) is 0 Å². The maximum absolute atomic E-state index is 11.5. The molecule has 92 valence electrons. The number of alkyl carbamates (subject to hydrolysis) is 1. The van der Waals surface area contributed by atoms with Crippen LogP contribution in [0.5, 0.6) is 0 Å². The first kappa shape index (κ1) is 11.9. The van der Waals surface area contributed by atoms with Gasteiger partial charge in [-0.25, -0.2) is 4.79 Å². The summed E-state index contributed by atoms with van der Waals surface area (Å²) in [5.41, 5.74) is 6.57. The Balaban J connectivity index is 1.71. The van der Waals surface area contributed by atoms with Crippen molar-refractivity contribution in [3.05, 3.63) is 35.9 Å². The van der Waals surface area contributed by atoms with E-state index in [0.717, 1.165) is 18.4 Å². The summed E-state index contributed by atoms with van der Waals surface area (Å²) >= 11 is 0.